The van der Waals surface area contributed by atoms with Gasteiger partial charge in [0.15, 0.2) is 11.5 Å². The molecule has 5 heteroatoms. The number of ether oxygens (including phenoxy) is 2. The number of carboxylic acid groups (broad SMARTS) is 1. The Morgan fingerprint density at radius 1 is 1.32 bits per heavy atom. The number of hydrogen-bond donors (Lipinski definition) is 2. The van der Waals surface area contributed by atoms with Crippen molar-refractivity contribution in [3.63, 3.8) is 0 Å². The van der Waals surface area contributed by atoms with E-state index in [-0.39, 0.29) is 0 Å². The van der Waals surface area contributed by atoms with Crippen molar-refractivity contribution >= 4 is 11.7 Å². The van der Waals surface area contributed by atoms with E-state index in [0.29, 0.717) is 18.0 Å². The minimum atomic E-state index is -0.716. The van der Waals surface area contributed by atoms with E-state index in [1.165, 1.54) is 0 Å². The van der Waals surface area contributed by atoms with E-state index in [4.69, 9.17) is 9.47 Å². The van der Waals surface area contributed by atoms with Crippen LogP contribution in [-0.4, -0.2) is 31.8 Å². The smallest absolute Gasteiger partial charge is 0.311 e. The van der Waals surface area contributed by atoms with Crippen LogP contribution in [0.4, 0.5) is 5.69 Å². The molecule has 1 aliphatic rings. The molecule has 104 valence electrons. The molecule has 1 saturated carbocycles. The molecule has 0 aromatic heterocycles. The van der Waals surface area contributed by atoms with Crippen molar-refractivity contribution in [1.29, 1.82) is 0 Å². The fourth-order valence-electron chi connectivity index (χ4n) is 2.29. The van der Waals surface area contributed by atoms with Gasteiger partial charge in [0, 0.05) is 18.3 Å². The number of hydrogen-bond acceptors (Lipinski definition) is 4. The van der Waals surface area contributed by atoms with Crippen LogP contribution >= 0.6 is 0 Å². The molecule has 0 heterocycles. The summed E-state index contributed by atoms with van der Waals surface area (Å²) in [5.41, 5.74) is 0.234. The molecule has 1 aromatic carbocycles. The van der Waals surface area contributed by atoms with Crippen molar-refractivity contribution in [3.8, 4) is 11.5 Å². The normalized spacial score (nSPS) is 16.3. The Morgan fingerprint density at radius 3 is 2.47 bits per heavy atom. The lowest BCUT2D eigenvalue weighted by Crippen LogP contribution is -2.43. The highest BCUT2D eigenvalue weighted by atomic mass is 16.5. The molecule has 0 radical (unpaired) electrons. The van der Waals surface area contributed by atoms with Crippen molar-refractivity contribution in [1.82, 2.24) is 0 Å². The minimum absolute atomic E-state index is 0.442. The molecule has 2 N–H and O–H groups in total. The van der Waals surface area contributed by atoms with Crippen LogP contribution in [0.2, 0.25) is 0 Å². The topological polar surface area (TPSA) is 67.8 Å². The predicted molar refractivity (Wildman–Crippen MR) is 72.0 cm³/mol. The van der Waals surface area contributed by atoms with Gasteiger partial charge in [-0.25, -0.2) is 0 Å². The third kappa shape index (κ3) is 2.59. The lowest BCUT2D eigenvalue weighted by molar-refractivity contribution is -0.153. The van der Waals surface area contributed by atoms with Gasteiger partial charge in [0.1, 0.15) is 0 Å². The maximum absolute atomic E-state index is 11.3. The van der Waals surface area contributed by atoms with Crippen LogP contribution in [-0.2, 0) is 4.79 Å². The highest BCUT2D eigenvalue weighted by molar-refractivity contribution is 5.76. The first kappa shape index (κ1) is 13.5. The van der Waals surface area contributed by atoms with Crippen LogP contribution in [0.3, 0.4) is 0 Å². The summed E-state index contributed by atoms with van der Waals surface area (Å²) >= 11 is 0. The van der Waals surface area contributed by atoms with Gasteiger partial charge in [0.2, 0.25) is 0 Å². The van der Waals surface area contributed by atoms with Gasteiger partial charge >= 0.3 is 5.97 Å². The summed E-state index contributed by atoms with van der Waals surface area (Å²) in [5.74, 6) is 0.571. The maximum atomic E-state index is 11.3. The number of aliphatic carboxylic acids is 1. The van der Waals surface area contributed by atoms with Gasteiger partial charge in [0.05, 0.1) is 19.6 Å². The molecule has 0 atom stereocenters. The predicted octanol–water partition coefficient (Wildman–Crippen LogP) is 2.37. The molecule has 0 spiro atoms. The standard InChI is InChI=1S/C14H19NO4/c1-18-11-5-4-10(8-12(11)19-2)15-9-14(13(16)17)6-3-7-14/h4-5,8,15H,3,6-7,9H2,1-2H3,(H,16,17). The van der Waals surface area contributed by atoms with Crippen molar-refractivity contribution in [2.45, 2.75) is 19.3 Å². The summed E-state index contributed by atoms with van der Waals surface area (Å²) in [6, 6.07) is 5.47. The molecule has 0 unspecified atom stereocenters. The Balaban J connectivity index is 2.05. The molecule has 2 rings (SSSR count). The van der Waals surface area contributed by atoms with E-state index in [1.807, 2.05) is 12.1 Å². The average molecular weight is 265 g/mol. The Labute approximate surface area is 112 Å². The monoisotopic (exact) mass is 265 g/mol. The quantitative estimate of drug-likeness (QED) is 0.826. The number of carboxylic acids is 1. The van der Waals surface area contributed by atoms with Crippen LogP contribution in [0, 0.1) is 5.41 Å². The zero-order chi connectivity index (χ0) is 13.9. The van der Waals surface area contributed by atoms with Gasteiger partial charge in [-0.05, 0) is 25.0 Å². The number of rotatable bonds is 6. The highest BCUT2D eigenvalue weighted by Crippen LogP contribution is 2.41. The Bertz CT molecular complexity index is 469. The van der Waals surface area contributed by atoms with Crippen LogP contribution in [0.5, 0.6) is 11.5 Å². The van der Waals surface area contributed by atoms with Gasteiger partial charge in [-0.15, -0.1) is 0 Å². The number of methoxy groups -OCH3 is 2. The lowest BCUT2D eigenvalue weighted by Gasteiger charge is -2.37. The van der Waals surface area contributed by atoms with Crippen LogP contribution in [0.1, 0.15) is 19.3 Å². The summed E-state index contributed by atoms with van der Waals surface area (Å²) in [5, 5.41) is 12.4. The zero-order valence-corrected chi connectivity index (χ0v) is 11.2. The lowest BCUT2D eigenvalue weighted by atomic mass is 9.69. The van der Waals surface area contributed by atoms with Crippen molar-refractivity contribution in [2.24, 2.45) is 5.41 Å². The SMILES string of the molecule is COc1ccc(NCC2(C(=O)O)CCC2)cc1OC. The average Bonchev–Trinajstić information content (AvgIpc) is 2.36. The molecule has 1 fully saturated rings. The van der Waals surface area contributed by atoms with Gasteiger partial charge in [-0.3, -0.25) is 4.79 Å². The van der Waals surface area contributed by atoms with E-state index in [0.717, 1.165) is 24.9 Å². The van der Waals surface area contributed by atoms with Gasteiger partial charge in [-0.2, -0.15) is 0 Å². The number of carbonyl (C=O) groups is 1. The molecular formula is C14H19NO4. The summed E-state index contributed by atoms with van der Waals surface area (Å²) in [6.07, 6.45) is 2.46. The van der Waals surface area contributed by atoms with E-state index < -0.39 is 11.4 Å². The summed E-state index contributed by atoms with van der Waals surface area (Å²) < 4.78 is 10.4. The van der Waals surface area contributed by atoms with Crippen molar-refractivity contribution < 1.29 is 19.4 Å². The van der Waals surface area contributed by atoms with Gasteiger partial charge < -0.3 is 19.9 Å². The second-order valence-corrected chi connectivity index (χ2v) is 4.86. The fraction of sp³-hybridized carbons (Fsp3) is 0.500. The van der Waals surface area contributed by atoms with E-state index in [9.17, 15) is 9.90 Å². The second-order valence-electron chi connectivity index (χ2n) is 4.86. The fourth-order valence-corrected chi connectivity index (χ4v) is 2.29. The first-order valence-corrected chi connectivity index (χ1v) is 6.30. The number of nitrogens with one attached hydrogen (secondary N) is 1. The number of anilines is 1. The second kappa shape index (κ2) is 5.38. The first-order valence-electron chi connectivity index (χ1n) is 6.30. The van der Waals surface area contributed by atoms with Gasteiger partial charge in [0.25, 0.3) is 0 Å². The van der Waals surface area contributed by atoms with Crippen LogP contribution < -0.4 is 14.8 Å². The molecule has 0 saturated heterocycles. The Morgan fingerprint density at radius 2 is 2.00 bits per heavy atom. The number of benzene rings is 1. The molecule has 5 nitrogen and oxygen atoms in total. The molecule has 1 aliphatic carbocycles. The molecule has 0 aliphatic heterocycles. The van der Waals surface area contributed by atoms with E-state index >= 15 is 0 Å². The summed E-state index contributed by atoms with van der Waals surface area (Å²) in [4.78, 5) is 11.3. The third-order valence-corrected chi connectivity index (χ3v) is 3.78. The third-order valence-electron chi connectivity index (χ3n) is 3.78. The Kier molecular flexibility index (Phi) is 3.83. The summed E-state index contributed by atoms with van der Waals surface area (Å²) in [7, 11) is 3.16. The van der Waals surface area contributed by atoms with Crippen LogP contribution in [0.25, 0.3) is 0 Å². The molecule has 1 aromatic rings. The van der Waals surface area contributed by atoms with E-state index in [2.05, 4.69) is 5.32 Å². The van der Waals surface area contributed by atoms with Crippen molar-refractivity contribution in [2.75, 3.05) is 26.1 Å². The highest BCUT2D eigenvalue weighted by Gasteiger charge is 2.44. The zero-order valence-electron chi connectivity index (χ0n) is 11.2. The van der Waals surface area contributed by atoms with E-state index in [1.54, 1.807) is 20.3 Å². The molecule has 0 amide bonds. The molecular weight excluding hydrogens is 246 g/mol. The Hall–Kier alpha value is -1.91. The largest absolute Gasteiger partial charge is 0.493 e. The maximum Gasteiger partial charge on any atom is 0.311 e. The summed E-state index contributed by atoms with van der Waals surface area (Å²) in [6.45, 7) is 0.442. The molecule has 19 heavy (non-hydrogen) atoms. The minimum Gasteiger partial charge on any atom is -0.493 e. The van der Waals surface area contributed by atoms with Crippen LogP contribution in [0.15, 0.2) is 18.2 Å². The molecule has 0 bridgehead atoms. The first-order chi connectivity index (χ1) is 9.11. The van der Waals surface area contributed by atoms with Gasteiger partial charge in [-0.1, -0.05) is 6.42 Å². The van der Waals surface area contributed by atoms with Crippen molar-refractivity contribution in [3.05, 3.63) is 18.2 Å².